The molecule has 2 rings (SSSR count). The maximum atomic E-state index is 13.6. The van der Waals surface area contributed by atoms with E-state index in [-0.39, 0.29) is 37.1 Å². The molecule has 2 aromatic carbocycles. The van der Waals surface area contributed by atoms with E-state index in [1.54, 1.807) is 6.92 Å². The van der Waals surface area contributed by atoms with Crippen molar-refractivity contribution in [2.75, 3.05) is 6.61 Å². The molecule has 0 aliphatic heterocycles. The van der Waals surface area contributed by atoms with E-state index in [0.29, 0.717) is 49.7 Å². The van der Waals surface area contributed by atoms with Crippen LogP contribution in [0.2, 0.25) is 0 Å². The first-order valence-electron chi connectivity index (χ1n) is 12.0. The topological polar surface area (TPSA) is 72.9 Å². The van der Waals surface area contributed by atoms with Crippen LogP contribution in [0.5, 0.6) is 5.75 Å². The van der Waals surface area contributed by atoms with Crippen molar-refractivity contribution in [3.05, 3.63) is 71.8 Å². The summed E-state index contributed by atoms with van der Waals surface area (Å²) in [6.45, 7) is 6.26. The van der Waals surface area contributed by atoms with Crippen LogP contribution in [-0.4, -0.2) is 48.8 Å². The molecule has 2 atom stereocenters. The molecule has 200 valence electrons. The quantitative estimate of drug-likeness (QED) is 0.199. The molecule has 0 bridgehead atoms. The molecule has 0 saturated heterocycles. The average Bonchev–Trinajstić information content (AvgIpc) is 2.87. The summed E-state index contributed by atoms with van der Waals surface area (Å²) in [5.74, 6) is 0.0299. The van der Waals surface area contributed by atoms with Crippen molar-refractivity contribution in [3.8, 4) is 5.75 Å². The second kappa shape index (κ2) is 14.9. The lowest BCUT2D eigenvalue weighted by Crippen LogP contribution is -2.34. The van der Waals surface area contributed by atoms with E-state index >= 15 is 0 Å². The second-order valence-electron chi connectivity index (χ2n) is 8.57. The third-order valence-corrected chi connectivity index (χ3v) is 5.79. The number of carbonyl (C=O) groups excluding carboxylic acids is 3. The highest BCUT2D eigenvalue weighted by Crippen LogP contribution is 2.31. The minimum absolute atomic E-state index is 0.0299. The van der Waals surface area contributed by atoms with E-state index in [4.69, 9.17) is 9.47 Å². The summed E-state index contributed by atoms with van der Waals surface area (Å²) in [4.78, 5) is 34.8. The van der Waals surface area contributed by atoms with Crippen LogP contribution < -0.4 is 4.74 Å². The van der Waals surface area contributed by atoms with Gasteiger partial charge in [-0.2, -0.15) is 13.2 Å². The highest BCUT2D eigenvalue weighted by molar-refractivity contribution is 5.79. The van der Waals surface area contributed by atoms with Gasteiger partial charge in [0.25, 0.3) is 0 Å². The summed E-state index contributed by atoms with van der Waals surface area (Å²) in [5.41, 5.74) is 2.19. The summed E-state index contributed by atoms with van der Waals surface area (Å²) >= 11 is 0. The number of aryl methyl sites for hydroxylation is 1. The van der Waals surface area contributed by atoms with Gasteiger partial charge < -0.3 is 24.0 Å². The molecule has 0 N–H and O–H groups in total. The maximum Gasteiger partial charge on any atom is 0.425 e. The standard InChI is InChI=1S/C28H32F3NO5/c1-21-17-25(13-14-26(21)22(2)32(20-35)24(18-34)11-8-15-33)37-27(28(29,30)31)12-6-7-16-36-19-23-9-4-3-5-10-23/h3-5,9-10,13-15,17-18,20,24,27H,2,6-8,11-12,16,19H2,1H3. The molecule has 0 aliphatic rings. The molecule has 1 amide bonds. The summed E-state index contributed by atoms with van der Waals surface area (Å²) < 4.78 is 51.7. The lowest BCUT2D eigenvalue weighted by molar-refractivity contribution is -0.197. The number of hydrogen-bond acceptors (Lipinski definition) is 5. The molecule has 0 heterocycles. The van der Waals surface area contributed by atoms with Crippen LogP contribution in [0.3, 0.4) is 0 Å². The molecule has 2 aromatic rings. The lowest BCUT2D eigenvalue weighted by Gasteiger charge is -2.27. The van der Waals surface area contributed by atoms with Crippen LogP contribution in [0, 0.1) is 6.92 Å². The van der Waals surface area contributed by atoms with Crippen molar-refractivity contribution in [1.29, 1.82) is 0 Å². The molecule has 9 heteroatoms. The average molecular weight is 520 g/mol. The first-order chi connectivity index (χ1) is 17.7. The Hall–Kier alpha value is -3.46. The minimum atomic E-state index is -4.55. The van der Waals surface area contributed by atoms with Crippen molar-refractivity contribution in [2.45, 2.75) is 64.0 Å². The van der Waals surface area contributed by atoms with Crippen LogP contribution in [0.15, 0.2) is 55.1 Å². The zero-order chi connectivity index (χ0) is 27.3. The normalized spacial score (nSPS) is 12.9. The number of unbranched alkanes of at least 4 members (excludes halogenated alkanes) is 1. The Balaban J connectivity index is 1.97. The highest BCUT2D eigenvalue weighted by atomic mass is 19.4. The number of ether oxygens (including phenoxy) is 2. The molecule has 0 saturated carbocycles. The van der Waals surface area contributed by atoms with Gasteiger partial charge >= 0.3 is 6.18 Å². The zero-order valence-electron chi connectivity index (χ0n) is 20.8. The third-order valence-electron chi connectivity index (χ3n) is 5.79. The van der Waals surface area contributed by atoms with E-state index in [2.05, 4.69) is 6.58 Å². The van der Waals surface area contributed by atoms with Gasteiger partial charge in [-0.15, -0.1) is 0 Å². The first-order valence-corrected chi connectivity index (χ1v) is 12.0. The Morgan fingerprint density at radius 1 is 1.05 bits per heavy atom. The fraction of sp³-hybridized carbons (Fsp3) is 0.393. The van der Waals surface area contributed by atoms with Gasteiger partial charge in [-0.3, -0.25) is 4.79 Å². The maximum absolute atomic E-state index is 13.6. The molecule has 0 spiro atoms. The van der Waals surface area contributed by atoms with Crippen molar-refractivity contribution in [2.24, 2.45) is 0 Å². The van der Waals surface area contributed by atoms with Gasteiger partial charge in [0.15, 0.2) is 6.10 Å². The molecule has 2 unspecified atom stereocenters. The van der Waals surface area contributed by atoms with E-state index in [9.17, 15) is 27.6 Å². The summed E-state index contributed by atoms with van der Waals surface area (Å²) in [7, 11) is 0. The van der Waals surface area contributed by atoms with Crippen LogP contribution in [0.1, 0.15) is 48.8 Å². The van der Waals surface area contributed by atoms with Crippen molar-refractivity contribution < 1.29 is 37.0 Å². The molecule has 0 fully saturated rings. The number of aldehydes is 2. The zero-order valence-corrected chi connectivity index (χ0v) is 20.8. The molecule has 0 radical (unpaired) electrons. The molecule has 37 heavy (non-hydrogen) atoms. The number of rotatable bonds is 17. The number of carbonyl (C=O) groups is 3. The second-order valence-corrected chi connectivity index (χ2v) is 8.57. The highest BCUT2D eigenvalue weighted by Gasteiger charge is 2.41. The largest absolute Gasteiger partial charge is 0.481 e. The molecule has 6 nitrogen and oxygen atoms in total. The number of nitrogens with zero attached hydrogens (tertiary/aromatic N) is 1. The Morgan fingerprint density at radius 3 is 2.38 bits per heavy atom. The fourth-order valence-electron chi connectivity index (χ4n) is 3.78. The van der Waals surface area contributed by atoms with Gasteiger partial charge in [-0.05, 0) is 61.9 Å². The van der Waals surface area contributed by atoms with Gasteiger partial charge in [-0.25, -0.2) is 0 Å². The van der Waals surface area contributed by atoms with Gasteiger partial charge in [0.2, 0.25) is 6.41 Å². The van der Waals surface area contributed by atoms with E-state index < -0.39 is 18.3 Å². The van der Waals surface area contributed by atoms with Gasteiger partial charge in [0, 0.05) is 24.3 Å². The van der Waals surface area contributed by atoms with E-state index in [1.807, 2.05) is 30.3 Å². The number of amides is 1. The monoisotopic (exact) mass is 519 g/mol. The van der Waals surface area contributed by atoms with Crippen LogP contribution in [-0.2, 0) is 25.7 Å². The lowest BCUT2D eigenvalue weighted by atomic mass is 10.0. The van der Waals surface area contributed by atoms with E-state index in [1.165, 1.54) is 18.2 Å². The Bertz CT molecular complexity index is 1030. The Labute approximate surface area is 215 Å². The molecular formula is C28H32F3NO5. The third kappa shape index (κ3) is 9.49. The molecule has 0 aromatic heterocycles. The van der Waals surface area contributed by atoms with Crippen LogP contribution >= 0.6 is 0 Å². The van der Waals surface area contributed by atoms with Crippen molar-refractivity contribution in [3.63, 3.8) is 0 Å². The molecule has 0 aliphatic carbocycles. The first kappa shape index (κ1) is 29.8. The Morgan fingerprint density at radius 2 is 1.78 bits per heavy atom. The predicted octanol–water partition coefficient (Wildman–Crippen LogP) is 5.67. The fourth-order valence-corrected chi connectivity index (χ4v) is 3.78. The SMILES string of the molecule is C=C(c1ccc(OC(CCCCOCc2ccccc2)C(F)(F)F)cc1C)N(C=O)C(C=O)CCC=O. The van der Waals surface area contributed by atoms with Gasteiger partial charge in [0.05, 0.1) is 12.6 Å². The number of alkyl halides is 3. The Kier molecular flexibility index (Phi) is 12.0. The van der Waals surface area contributed by atoms with Crippen LogP contribution in [0.4, 0.5) is 13.2 Å². The predicted molar refractivity (Wildman–Crippen MR) is 134 cm³/mol. The van der Waals surface area contributed by atoms with Crippen molar-refractivity contribution >= 4 is 24.7 Å². The number of halogens is 3. The summed E-state index contributed by atoms with van der Waals surface area (Å²) in [6.07, 6.45) is -4.15. The van der Waals surface area contributed by atoms with Crippen molar-refractivity contribution in [1.82, 2.24) is 4.90 Å². The number of hydrogen-bond donors (Lipinski definition) is 0. The van der Waals surface area contributed by atoms with Gasteiger partial charge in [-0.1, -0.05) is 36.9 Å². The summed E-state index contributed by atoms with van der Waals surface area (Å²) in [5, 5.41) is 0. The van der Waals surface area contributed by atoms with Crippen LogP contribution in [0.25, 0.3) is 5.70 Å². The molecular weight excluding hydrogens is 487 g/mol. The minimum Gasteiger partial charge on any atom is -0.481 e. The number of benzene rings is 2. The van der Waals surface area contributed by atoms with Gasteiger partial charge in [0.1, 0.15) is 18.3 Å². The summed E-state index contributed by atoms with van der Waals surface area (Å²) in [6, 6.07) is 12.9. The van der Waals surface area contributed by atoms with E-state index in [0.717, 1.165) is 10.5 Å². The smallest absolute Gasteiger partial charge is 0.425 e.